The molecule has 0 radical (unpaired) electrons. The highest BCUT2D eigenvalue weighted by Crippen LogP contribution is 2.26. The molecule has 4 aromatic rings. The SMILES string of the molecule is C=CCC[C@H](Cc1ccccc1)C(=O)OC[C@H](NC(=O)[C@H](CC=C)CC(=O)N1Cc2ccccc2C[C@H]1CO)C(=O)Nc1ccc2ccccc2c1. The maximum Gasteiger partial charge on any atom is 0.309 e. The summed E-state index contributed by atoms with van der Waals surface area (Å²) in [6.07, 6.45) is 5.40. The number of nitrogens with zero attached hydrogens (tertiary/aromatic N) is 1. The number of hydrogen-bond acceptors (Lipinski definition) is 6. The number of nitrogens with one attached hydrogen (secondary N) is 2. The molecule has 0 spiro atoms. The van der Waals surface area contributed by atoms with Crippen molar-refractivity contribution in [3.05, 3.63) is 139 Å². The van der Waals surface area contributed by atoms with Gasteiger partial charge in [-0.3, -0.25) is 19.2 Å². The third-order valence-corrected chi connectivity index (χ3v) is 9.55. The Morgan fingerprint density at radius 2 is 1.56 bits per heavy atom. The molecule has 0 fully saturated rings. The van der Waals surface area contributed by atoms with Gasteiger partial charge in [-0.2, -0.15) is 0 Å². The van der Waals surface area contributed by atoms with Gasteiger partial charge >= 0.3 is 5.97 Å². The van der Waals surface area contributed by atoms with Gasteiger partial charge in [0, 0.05) is 18.7 Å². The van der Waals surface area contributed by atoms with Crippen molar-refractivity contribution in [2.45, 2.75) is 57.2 Å². The van der Waals surface area contributed by atoms with Crippen LogP contribution in [-0.2, 0) is 43.3 Å². The summed E-state index contributed by atoms with van der Waals surface area (Å²) in [6, 6.07) is 29.0. The highest BCUT2D eigenvalue weighted by Gasteiger charge is 2.34. The molecule has 3 amide bonds. The first kappa shape index (κ1) is 37.7. The third kappa shape index (κ3) is 10.0. The zero-order valence-corrected chi connectivity index (χ0v) is 29.4. The summed E-state index contributed by atoms with van der Waals surface area (Å²) in [7, 11) is 0. The number of allylic oxidation sites excluding steroid dienone is 2. The molecule has 9 heteroatoms. The van der Waals surface area contributed by atoms with Crippen LogP contribution in [0.25, 0.3) is 10.8 Å². The summed E-state index contributed by atoms with van der Waals surface area (Å²) in [5.74, 6) is -3.23. The van der Waals surface area contributed by atoms with E-state index in [2.05, 4.69) is 23.8 Å². The van der Waals surface area contributed by atoms with Crippen LogP contribution < -0.4 is 10.6 Å². The predicted octanol–water partition coefficient (Wildman–Crippen LogP) is 6.16. The monoisotopic (exact) mass is 701 g/mol. The van der Waals surface area contributed by atoms with E-state index in [1.54, 1.807) is 23.1 Å². The quantitative estimate of drug-likeness (QED) is 0.0895. The lowest BCUT2D eigenvalue weighted by Gasteiger charge is -2.36. The Morgan fingerprint density at radius 1 is 0.846 bits per heavy atom. The number of carbonyl (C=O) groups is 4. The van der Waals surface area contributed by atoms with E-state index >= 15 is 0 Å². The molecule has 1 aliphatic rings. The summed E-state index contributed by atoms with van der Waals surface area (Å²) in [6.45, 7) is 7.29. The van der Waals surface area contributed by atoms with Crippen molar-refractivity contribution in [1.29, 1.82) is 0 Å². The fourth-order valence-corrected chi connectivity index (χ4v) is 6.63. The first-order chi connectivity index (χ1) is 25.3. The van der Waals surface area contributed by atoms with Crippen LogP contribution in [0.3, 0.4) is 0 Å². The standard InChI is InChI=1S/C43H47N3O6/c1-3-5-16-35(23-30-14-7-6-8-15-30)43(51)52-29-39(42(50)44-37-22-21-31-17-9-10-18-32(31)24-37)45-41(49)34(13-4-2)26-40(48)46-27-36-20-12-11-19-33(36)25-38(46)28-47/h3-4,6-12,14-15,17-22,24,34-35,38-39,47H,1-2,5,13,16,23,25-29H2,(H,44,50)(H,45,49)/t34-,35-,38+,39+/m1/s1. The van der Waals surface area contributed by atoms with Gasteiger partial charge in [-0.25, -0.2) is 0 Å². The minimum absolute atomic E-state index is 0.157. The first-order valence-electron chi connectivity index (χ1n) is 17.8. The van der Waals surface area contributed by atoms with Gasteiger partial charge in [0.25, 0.3) is 5.91 Å². The van der Waals surface area contributed by atoms with Gasteiger partial charge in [0.2, 0.25) is 11.8 Å². The van der Waals surface area contributed by atoms with Gasteiger partial charge in [0.1, 0.15) is 12.6 Å². The lowest BCUT2D eigenvalue weighted by atomic mass is 9.92. The number of aliphatic hydroxyl groups excluding tert-OH is 1. The molecule has 3 N–H and O–H groups in total. The van der Waals surface area contributed by atoms with Crippen LogP contribution in [0.2, 0.25) is 0 Å². The molecule has 1 aliphatic heterocycles. The predicted molar refractivity (Wildman–Crippen MR) is 203 cm³/mol. The summed E-state index contributed by atoms with van der Waals surface area (Å²) in [4.78, 5) is 56.5. The lowest BCUT2D eigenvalue weighted by Crippen LogP contribution is -2.51. The normalized spacial score (nSPS) is 15.4. The molecule has 5 rings (SSSR count). The Labute approximate surface area is 305 Å². The number of anilines is 1. The number of amides is 3. The van der Waals surface area contributed by atoms with E-state index in [-0.39, 0.29) is 25.4 Å². The summed E-state index contributed by atoms with van der Waals surface area (Å²) in [5.41, 5.74) is 3.57. The van der Waals surface area contributed by atoms with Crippen LogP contribution in [0.1, 0.15) is 42.4 Å². The van der Waals surface area contributed by atoms with Crippen molar-refractivity contribution in [1.82, 2.24) is 10.2 Å². The van der Waals surface area contributed by atoms with Gasteiger partial charge in [-0.05, 0) is 71.7 Å². The Bertz CT molecular complexity index is 1880. The topological polar surface area (TPSA) is 125 Å². The van der Waals surface area contributed by atoms with Gasteiger partial charge in [0.05, 0.1) is 24.5 Å². The number of benzene rings is 4. The molecule has 0 unspecified atom stereocenters. The van der Waals surface area contributed by atoms with E-state index < -0.39 is 48.3 Å². The van der Waals surface area contributed by atoms with Gasteiger partial charge < -0.3 is 25.4 Å². The fraction of sp³-hybridized carbons (Fsp3) is 0.302. The molecule has 0 aromatic heterocycles. The van der Waals surface area contributed by atoms with Crippen LogP contribution in [0.15, 0.2) is 122 Å². The second-order valence-electron chi connectivity index (χ2n) is 13.3. The van der Waals surface area contributed by atoms with E-state index in [1.807, 2.05) is 91.0 Å². The third-order valence-electron chi connectivity index (χ3n) is 9.55. The summed E-state index contributed by atoms with van der Waals surface area (Å²) >= 11 is 0. The average molecular weight is 702 g/mol. The molecule has 4 aromatic carbocycles. The maximum absolute atomic E-state index is 13.9. The molecule has 270 valence electrons. The minimum Gasteiger partial charge on any atom is -0.463 e. The lowest BCUT2D eigenvalue weighted by molar-refractivity contribution is -0.151. The molecular formula is C43H47N3O6. The van der Waals surface area contributed by atoms with Crippen LogP contribution in [0, 0.1) is 11.8 Å². The Morgan fingerprint density at radius 3 is 2.29 bits per heavy atom. The number of esters is 1. The number of ether oxygens (including phenoxy) is 1. The summed E-state index contributed by atoms with van der Waals surface area (Å²) < 4.78 is 5.77. The molecule has 0 saturated carbocycles. The first-order valence-corrected chi connectivity index (χ1v) is 17.8. The molecule has 0 bridgehead atoms. The zero-order valence-electron chi connectivity index (χ0n) is 29.4. The molecular weight excluding hydrogens is 654 g/mol. The number of fused-ring (bicyclic) bond motifs is 2. The Kier molecular flexibility index (Phi) is 13.5. The average Bonchev–Trinajstić information content (AvgIpc) is 3.17. The van der Waals surface area contributed by atoms with E-state index in [4.69, 9.17) is 4.74 Å². The van der Waals surface area contributed by atoms with Crippen molar-refractivity contribution >= 4 is 40.2 Å². The van der Waals surface area contributed by atoms with Crippen molar-refractivity contribution in [2.75, 3.05) is 18.5 Å². The van der Waals surface area contributed by atoms with Crippen LogP contribution >= 0.6 is 0 Å². The van der Waals surface area contributed by atoms with E-state index in [0.29, 0.717) is 37.9 Å². The smallest absolute Gasteiger partial charge is 0.309 e. The van der Waals surface area contributed by atoms with Crippen LogP contribution in [0.5, 0.6) is 0 Å². The van der Waals surface area contributed by atoms with Crippen molar-refractivity contribution < 1.29 is 29.0 Å². The summed E-state index contributed by atoms with van der Waals surface area (Å²) in [5, 5.41) is 17.7. The van der Waals surface area contributed by atoms with Gasteiger partial charge in [0.15, 0.2) is 0 Å². The van der Waals surface area contributed by atoms with Crippen LogP contribution in [-0.4, -0.2) is 59.0 Å². The highest BCUT2D eigenvalue weighted by molar-refractivity contribution is 6.00. The number of hydrogen-bond donors (Lipinski definition) is 3. The van der Waals surface area contributed by atoms with E-state index in [1.165, 1.54) is 0 Å². The number of rotatable bonds is 17. The van der Waals surface area contributed by atoms with Crippen molar-refractivity contribution in [3.8, 4) is 0 Å². The Balaban J connectivity index is 1.32. The van der Waals surface area contributed by atoms with E-state index in [9.17, 15) is 24.3 Å². The van der Waals surface area contributed by atoms with Crippen LogP contribution in [0.4, 0.5) is 5.69 Å². The second kappa shape index (κ2) is 18.6. The van der Waals surface area contributed by atoms with Gasteiger partial charge in [-0.15, -0.1) is 13.2 Å². The van der Waals surface area contributed by atoms with E-state index in [0.717, 1.165) is 27.5 Å². The van der Waals surface area contributed by atoms with Gasteiger partial charge in [-0.1, -0.05) is 97.1 Å². The largest absolute Gasteiger partial charge is 0.463 e. The number of carbonyl (C=O) groups excluding carboxylic acids is 4. The minimum atomic E-state index is -1.26. The molecule has 0 aliphatic carbocycles. The zero-order chi connectivity index (χ0) is 36.9. The molecule has 0 saturated heterocycles. The number of aliphatic hydroxyl groups is 1. The van der Waals surface area contributed by atoms with Crippen molar-refractivity contribution in [2.24, 2.45) is 11.8 Å². The molecule has 9 nitrogen and oxygen atoms in total. The molecule has 4 atom stereocenters. The Hall–Kier alpha value is -5.54. The fourth-order valence-electron chi connectivity index (χ4n) is 6.63. The van der Waals surface area contributed by atoms with Crippen molar-refractivity contribution in [3.63, 3.8) is 0 Å². The second-order valence-corrected chi connectivity index (χ2v) is 13.3. The highest BCUT2D eigenvalue weighted by atomic mass is 16.5. The molecule has 1 heterocycles. The maximum atomic E-state index is 13.9. The molecule has 52 heavy (non-hydrogen) atoms.